The van der Waals surface area contributed by atoms with Crippen molar-refractivity contribution in [3.05, 3.63) is 83.9 Å². The Bertz CT molecular complexity index is 1440. The van der Waals surface area contributed by atoms with Gasteiger partial charge in [0.1, 0.15) is 16.7 Å². The van der Waals surface area contributed by atoms with Crippen LogP contribution in [0.2, 0.25) is 0 Å². The number of carbonyl (C=O) groups is 1. The van der Waals surface area contributed by atoms with E-state index in [-0.39, 0.29) is 42.2 Å². The fraction of sp³-hybridized carbons (Fsp3) is 0.321. The summed E-state index contributed by atoms with van der Waals surface area (Å²) in [5.41, 5.74) is 1.84. The summed E-state index contributed by atoms with van der Waals surface area (Å²) >= 11 is 0. The third kappa shape index (κ3) is 6.02. The first-order chi connectivity index (χ1) is 18.2. The molecular formula is C28H30N4O5S. The first-order valence-electron chi connectivity index (χ1n) is 12.2. The highest BCUT2D eigenvalue weighted by atomic mass is 32.2. The molecule has 0 bridgehead atoms. The molecule has 198 valence electrons. The number of hydrogen-bond donors (Lipinski definition) is 1. The highest BCUT2D eigenvalue weighted by molar-refractivity contribution is 7.89. The van der Waals surface area contributed by atoms with Crippen molar-refractivity contribution in [3.63, 3.8) is 0 Å². The molecule has 4 rings (SSSR count). The molecule has 0 saturated carbocycles. The largest absolute Gasteiger partial charge is 0.487 e. The van der Waals surface area contributed by atoms with E-state index in [9.17, 15) is 18.3 Å². The smallest absolute Gasteiger partial charge is 0.253 e. The van der Waals surface area contributed by atoms with Crippen molar-refractivity contribution in [3.8, 4) is 17.6 Å². The van der Waals surface area contributed by atoms with E-state index < -0.39 is 22.2 Å². The number of amides is 1. The first-order valence-corrected chi connectivity index (χ1v) is 13.7. The van der Waals surface area contributed by atoms with Crippen LogP contribution in [0.5, 0.6) is 5.75 Å². The van der Waals surface area contributed by atoms with Gasteiger partial charge >= 0.3 is 0 Å². The number of nitrogens with zero attached hydrogens (tertiary/aromatic N) is 4. The Hall–Kier alpha value is -3.78. The van der Waals surface area contributed by atoms with Gasteiger partial charge in [0.05, 0.1) is 13.2 Å². The van der Waals surface area contributed by atoms with E-state index in [0.29, 0.717) is 11.1 Å². The lowest BCUT2D eigenvalue weighted by Crippen LogP contribution is -2.50. The highest BCUT2D eigenvalue weighted by Gasteiger charge is 2.38. The van der Waals surface area contributed by atoms with Crippen LogP contribution >= 0.6 is 0 Å². The summed E-state index contributed by atoms with van der Waals surface area (Å²) in [6.45, 7) is 3.54. The average molecular weight is 535 g/mol. The van der Waals surface area contributed by atoms with E-state index in [1.54, 1.807) is 80.1 Å². The van der Waals surface area contributed by atoms with Crippen molar-refractivity contribution >= 4 is 15.9 Å². The second-order valence-corrected chi connectivity index (χ2v) is 11.2. The predicted octanol–water partition coefficient (Wildman–Crippen LogP) is 2.42. The number of sulfonamides is 1. The Balaban J connectivity index is 1.72. The summed E-state index contributed by atoms with van der Waals surface area (Å²) in [6, 6.07) is 10.9. The molecule has 1 aliphatic rings. The molecule has 0 spiro atoms. The first kappa shape index (κ1) is 27.3. The third-order valence-electron chi connectivity index (χ3n) is 6.43. The van der Waals surface area contributed by atoms with E-state index in [2.05, 4.69) is 21.8 Å². The van der Waals surface area contributed by atoms with Gasteiger partial charge in [-0.3, -0.25) is 14.8 Å². The van der Waals surface area contributed by atoms with Crippen molar-refractivity contribution in [2.75, 3.05) is 26.7 Å². The number of ether oxygens (including phenoxy) is 1. The lowest BCUT2D eigenvalue weighted by Gasteiger charge is -2.37. The Morgan fingerprint density at radius 2 is 1.74 bits per heavy atom. The molecule has 3 atom stereocenters. The molecule has 1 amide bonds. The molecule has 38 heavy (non-hydrogen) atoms. The molecular weight excluding hydrogens is 504 g/mol. The zero-order chi connectivity index (χ0) is 27.3. The molecule has 0 radical (unpaired) electrons. The van der Waals surface area contributed by atoms with Crippen LogP contribution in [0.4, 0.5) is 0 Å². The van der Waals surface area contributed by atoms with Gasteiger partial charge < -0.3 is 14.7 Å². The molecule has 0 fully saturated rings. The Morgan fingerprint density at radius 1 is 1.11 bits per heavy atom. The van der Waals surface area contributed by atoms with Gasteiger partial charge in [-0.05, 0) is 49.4 Å². The molecule has 3 aromatic rings. The summed E-state index contributed by atoms with van der Waals surface area (Å²) in [5.74, 6) is 5.75. The van der Waals surface area contributed by atoms with Crippen LogP contribution in [0, 0.1) is 17.8 Å². The SMILES string of the molecule is C[C@@H]1CN([C@@H](C)CO)S(=O)(=O)c2ccc(C#Cc3ccncc3)cc2O[C@@H]1CN(C)C(=O)c1ccncc1. The van der Waals surface area contributed by atoms with Crippen LogP contribution in [0.1, 0.15) is 35.3 Å². The van der Waals surface area contributed by atoms with Gasteiger partial charge in [-0.25, -0.2) is 8.42 Å². The lowest BCUT2D eigenvalue weighted by atomic mass is 10.0. The fourth-order valence-electron chi connectivity index (χ4n) is 4.17. The number of pyridine rings is 2. The zero-order valence-electron chi connectivity index (χ0n) is 21.5. The van der Waals surface area contributed by atoms with Crippen LogP contribution < -0.4 is 4.74 Å². The maximum absolute atomic E-state index is 13.7. The van der Waals surface area contributed by atoms with E-state index in [4.69, 9.17) is 4.74 Å². The number of aliphatic hydroxyl groups excluding tert-OH is 1. The Labute approximate surface area is 223 Å². The predicted molar refractivity (Wildman–Crippen MR) is 142 cm³/mol. The third-order valence-corrected chi connectivity index (χ3v) is 8.45. The highest BCUT2D eigenvalue weighted by Crippen LogP contribution is 2.34. The van der Waals surface area contributed by atoms with Gasteiger partial charge in [0.2, 0.25) is 10.0 Å². The van der Waals surface area contributed by atoms with Crippen molar-refractivity contribution in [1.29, 1.82) is 0 Å². The normalized spacial score (nSPS) is 19.5. The second-order valence-electron chi connectivity index (χ2n) is 9.31. The van der Waals surface area contributed by atoms with E-state index >= 15 is 0 Å². The standard InChI is InChI=1S/C28H30N4O5S/c1-20-17-32(21(2)19-33)38(35,36)27-7-6-23(5-4-22-8-12-29-13-9-22)16-25(27)37-26(20)18-31(3)28(34)24-10-14-30-15-11-24/h6-16,20-21,26,33H,17-19H2,1-3H3/t20-,21+,26-/m1/s1. The summed E-state index contributed by atoms with van der Waals surface area (Å²) in [4.78, 5) is 22.5. The van der Waals surface area contributed by atoms with Crippen molar-refractivity contribution in [2.45, 2.75) is 30.9 Å². The Morgan fingerprint density at radius 3 is 2.39 bits per heavy atom. The lowest BCUT2D eigenvalue weighted by molar-refractivity contribution is 0.0563. The van der Waals surface area contributed by atoms with E-state index in [1.165, 1.54) is 10.4 Å². The van der Waals surface area contributed by atoms with Gasteiger partial charge in [-0.15, -0.1) is 0 Å². The number of carbonyl (C=O) groups excluding carboxylic acids is 1. The van der Waals surface area contributed by atoms with Gasteiger partial charge in [0.25, 0.3) is 5.91 Å². The molecule has 0 aliphatic carbocycles. The summed E-state index contributed by atoms with van der Waals surface area (Å²) in [7, 11) is -2.30. The van der Waals surface area contributed by atoms with Gasteiger partial charge in [-0.1, -0.05) is 18.8 Å². The summed E-state index contributed by atoms with van der Waals surface area (Å²) in [5, 5.41) is 9.83. The van der Waals surface area contributed by atoms with E-state index in [0.717, 1.165) is 5.56 Å². The molecule has 1 aromatic carbocycles. The monoisotopic (exact) mass is 534 g/mol. The molecule has 3 heterocycles. The van der Waals surface area contributed by atoms with Crippen LogP contribution in [0.25, 0.3) is 0 Å². The number of aromatic nitrogens is 2. The van der Waals surface area contributed by atoms with Crippen LogP contribution in [0.15, 0.2) is 72.1 Å². The number of aliphatic hydroxyl groups is 1. The number of likely N-dealkylation sites (N-methyl/N-ethyl adjacent to an activating group) is 1. The van der Waals surface area contributed by atoms with Crippen molar-refractivity contribution < 1.29 is 23.1 Å². The number of benzene rings is 1. The minimum Gasteiger partial charge on any atom is -0.487 e. The molecule has 0 saturated heterocycles. The maximum Gasteiger partial charge on any atom is 0.253 e. The van der Waals surface area contributed by atoms with E-state index in [1.807, 2.05) is 6.92 Å². The summed E-state index contributed by atoms with van der Waals surface area (Å²) in [6.07, 6.45) is 5.87. The van der Waals surface area contributed by atoms with Gasteiger partial charge in [0, 0.05) is 67.0 Å². The number of hydrogen-bond acceptors (Lipinski definition) is 7. The Kier molecular flexibility index (Phi) is 8.42. The fourth-order valence-corrected chi connectivity index (χ4v) is 5.99. The minimum atomic E-state index is -3.98. The average Bonchev–Trinajstić information content (AvgIpc) is 2.93. The minimum absolute atomic E-state index is 0.00715. The van der Waals surface area contributed by atoms with Gasteiger partial charge in [0.15, 0.2) is 0 Å². The maximum atomic E-state index is 13.7. The van der Waals surface area contributed by atoms with Crippen LogP contribution in [-0.4, -0.2) is 77.5 Å². The molecule has 9 nitrogen and oxygen atoms in total. The molecule has 0 unspecified atom stereocenters. The van der Waals surface area contributed by atoms with Crippen molar-refractivity contribution in [2.24, 2.45) is 5.92 Å². The summed E-state index contributed by atoms with van der Waals surface area (Å²) < 4.78 is 35.0. The molecule has 1 N–H and O–H groups in total. The number of rotatable bonds is 5. The van der Waals surface area contributed by atoms with Crippen LogP contribution in [-0.2, 0) is 10.0 Å². The molecule has 10 heteroatoms. The van der Waals surface area contributed by atoms with Crippen molar-refractivity contribution in [1.82, 2.24) is 19.2 Å². The van der Waals surface area contributed by atoms with Crippen LogP contribution in [0.3, 0.4) is 0 Å². The zero-order valence-corrected chi connectivity index (χ0v) is 22.3. The number of fused-ring (bicyclic) bond motifs is 1. The topological polar surface area (TPSA) is 113 Å². The second kappa shape index (κ2) is 11.7. The van der Waals surface area contributed by atoms with Gasteiger partial charge in [-0.2, -0.15) is 4.31 Å². The molecule has 2 aromatic heterocycles. The molecule has 1 aliphatic heterocycles. The quantitative estimate of drug-likeness (QED) is 0.500.